The Morgan fingerprint density at radius 3 is 2.21 bits per heavy atom. The molecule has 0 bridgehead atoms. The third kappa shape index (κ3) is 5.39. The molecular formula is C23H19Cl2N5O3S. The number of nitrogens with zero attached hydrogens (tertiary/aromatic N) is 2. The second kappa shape index (κ2) is 9.84. The Labute approximate surface area is 206 Å². The number of amides is 1. The molecule has 11 heteroatoms. The zero-order valence-corrected chi connectivity index (χ0v) is 20.2. The number of sulfonamides is 1. The number of carbonyl (C=O) groups is 1. The molecular weight excluding hydrogens is 497 g/mol. The SMILES string of the molecule is CCC(=O)Nc1ccc(Cl)c(Nc2nc3ccccc3nc2NS(=O)(=O)c2ccc(Cl)cc2)c1. The van der Waals surface area contributed by atoms with Gasteiger partial charge >= 0.3 is 0 Å². The topological polar surface area (TPSA) is 113 Å². The summed E-state index contributed by atoms with van der Waals surface area (Å²) in [5.41, 5.74) is 1.98. The molecule has 4 rings (SSSR count). The van der Waals surface area contributed by atoms with Gasteiger partial charge in [-0.2, -0.15) is 0 Å². The van der Waals surface area contributed by atoms with E-state index in [1.54, 1.807) is 49.4 Å². The maximum Gasteiger partial charge on any atom is 0.263 e. The molecule has 0 aliphatic heterocycles. The summed E-state index contributed by atoms with van der Waals surface area (Å²) in [6.45, 7) is 1.74. The van der Waals surface area contributed by atoms with Crippen LogP contribution in [0.25, 0.3) is 11.0 Å². The van der Waals surface area contributed by atoms with Gasteiger partial charge in [0.2, 0.25) is 5.91 Å². The molecule has 4 aromatic rings. The lowest BCUT2D eigenvalue weighted by atomic mass is 10.2. The van der Waals surface area contributed by atoms with Crippen LogP contribution in [0.1, 0.15) is 13.3 Å². The highest BCUT2D eigenvalue weighted by Gasteiger charge is 2.20. The number of fused-ring (bicyclic) bond motifs is 1. The second-order valence-electron chi connectivity index (χ2n) is 7.19. The lowest BCUT2D eigenvalue weighted by Crippen LogP contribution is -2.16. The van der Waals surface area contributed by atoms with Gasteiger partial charge in [-0.15, -0.1) is 0 Å². The quantitative estimate of drug-likeness (QED) is 0.285. The average Bonchev–Trinajstić information content (AvgIpc) is 2.81. The molecule has 34 heavy (non-hydrogen) atoms. The summed E-state index contributed by atoms with van der Waals surface area (Å²) in [7, 11) is -3.99. The van der Waals surface area contributed by atoms with Gasteiger partial charge in [-0.3, -0.25) is 9.52 Å². The van der Waals surface area contributed by atoms with Crippen LogP contribution < -0.4 is 15.4 Å². The van der Waals surface area contributed by atoms with Gasteiger partial charge in [0, 0.05) is 17.1 Å². The fourth-order valence-electron chi connectivity index (χ4n) is 3.03. The number of aromatic nitrogens is 2. The smallest absolute Gasteiger partial charge is 0.263 e. The van der Waals surface area contributed by atoms with Gasteiger partial charge in [-0.25, -0.2) is 18.4 Å². The van der Waals surface area contributed by atoms with Crippen molar-refractivity contribution < 1.29 is 13.2 Å². The van der Waals surface area contributed by atoms with Gasteiger partial charge in [0.25, 0.3) is 10.0 Å². The first-order chi connectivity index (χ1) is 16.2. The molecule has 174 valence electrons. The van der Waals surface area contributed by atoms with E-state index >= 15 is 0 Å². The average molecular weight is 516 g/mol. The van der Waals surface area contributed by atoms with Gasteiger partial charge in [-0.1, -0.05) is 42.3 Å². The van der Waals surface area contributed by atoms with Gasteiger partial charge < -0.3 is 10.6 Å². The lowest BCUT2D eigenvalue weighted by molar-refractivity contribution is -0.115. The monoisotopic (exact) mass is 515 g/mol. The van der Waals surface area contributed by atoms with Crippen molar-refractivity contribution in [2.24, 2.45) is 0 Å². The number of para-hydroxylation sites is 2. The van der Waals surface area contributed by atoms with E-state index in [-0.39, 0.29) is 22.4 Å². The molecule has 3 N–H and O–H groups in total. The largest absolute Gasteiger partial charge is 0.336 e. The number of halogens is 2. The predicted molar refractivity (Wildman–Crippen MR) is 135 cm³/mol. The van der Waals surface area contributed by atoms with E-state index in [1.165, 1.54) is 24.3 Å². The third-order valence-electron chi connectivity index (χ3n) is 4.75. The molecule has 8 nitrogen and oxygen atoms in total. The first-order valence-electron chi connectivity index (χ1n) is 10.2. The summed E-state index contributed by atoms with van der Waals surface area (Å²) >= 11 is 12.2. The predicted octanol–water partition coefficient (Wildman–Crippen LogP) is 5.83. The van der Waals surface area contributed by atoms with Crippen molar-refractivity contribution in [3.05, 3.63) is 76.8 Å². The molecule has 0 radical (unpaired) electrons. The Kier molecular flexibility index (Phi) is 6.87. The zero-order chi connectivity index (χ0) is 24.3. The molecule has 1 amide bonds. The molecule has 0 unspecified atom stereocenters. The summed E-state index contributed by atoms with van der Waals surface area (Å²) in [4.78, 5) is 20.8. The van der Waals surface area contributed by atoms with Crippen LogP contribution in [0.2, 0.25) is 10.0 Å². The number of anilines is 4. The van der Waals surface area contributed by atoms with Crippen molar-refractivity contribution in [1.29, 1.82) is 0 Å². The molecule has 0 saturated heterocycles. The number of benzene rings is 3. The normalized spacial score (nSPS) is 11.3. The van der Waals surface area contributed by atoms with Crippen molar-refractivity contribution in [2.75, 3.05) is 15.4 Å². The van der Waals surface area contributed by atoms with E-state index in [1.807, 2.05) is 0 Å². The minimum absolute atomic E-state index is 0.0140. The summed E-state index contributed by atoms with van der Waals surface area (Å²) in [5.74, 6) is -0.0417. The first kappa shape index (κ1) is 23.7. The van der Waals surface area contributed by atoms with Crippen LogP contribution in [0.15, 0.2) is 71.6 Å². The molecule has 0 fully saturated rings. The Morgan fingerprint density at radius 1 is 0.912 bits per heavy atom. The molecule has 1 aromatic heterocycles. The van der Waals surface area contributed by atoms with E-state index < -0.39 is 10.0 Å². The van der Waals surface area contributed by atoms with E-state index in [4.69, 9.17) is 23.2 Å². The van der Waals surface area contributed by atoms with Crippen molar-refractivity contribution >= 4 is 73.2 Å². The van der Waals surface area contributed by atoms with Crippen LogP contribution >= 0.6 is 23.2 Å². The van der Waals surface area contributed by atoms with Crippen LogP contribution in [-0.4, -0.2) is 24.3 Å². The standard InChI is InChI=1S/C23H19Cl2N5O3S/c1-2-21(31)26-15-9-12-17(25)20(13-15)29-22-23(28-19-6-4-3-5-18(19)27-22)30-34(32,33)16-10-7-14(24)8-11-16/h3-13H,2H2,1H3,(H,26,31)(H,27,29)(H,28,30). The van der Waals surface area contributed by atoms with Crippen molar-refractivity contribution in [2.45, 2.75) is 18.2 Å². The van der Waals surface area contributed by atoms with E-state index in [0.717, 1.165) is 0 Å². The van der Waals surface area contributed by atoms with Gasteiger partial charge in [0.05, 0.1) is 26.6 Å². The highest BCUT2D eigenvalue weighted by atomic mass is 35.5. The number of nitrogens with one attached hydrogen (secondary N) is 3. The third-order valence-corrected chi connectivity index (χ3v) is 6.69. The maximum absolute atomic E-state index is 13.0. The van der Waals surface area contributed by atoms with E-state index in [9.17, 15) is 13.2 Å². The molecule has 0 aliphatic carbocycles. The minimum atomic E-state index is -3.99. The van der Waals surface area contributed by atoms with Crippen molar-refractivity contribution in [3.63, 3.8) is 0 Å². The molecule has 0 saturated carbocycles. The molecule has 1 heterocycles. The van der Waals surface area contributed by atoms with Gasteiger partial charge in [0.15, 0.2) is 11.6 Å². The van der Waals surface area contributed by atoms with Gasteiger partial charge in [-0.05, 0) is 54.6 Å². The Hall–Kier alpha value is -3.40. The molecule has 3 aromatic carbocycles. The second-order valence-corrected chi connectivity index (χ2v) is 9.72. The minimum Gasteiger partial charge on any atom is -0.336 e. The van der Waals surface area contributed by atoms with Gasteiger partial charge in [0.1, 0.15) is 0 Å². The number of hydrogen-bond donors (Lipinski definition) is 3. The molecule has 0 atom stereocenters. The fraction of sp³-hybridized carbons (Fsp3) is 0.0870. The highest BCUT2D eigenvalue weighted by Crippen LogP contribution is 2.32. The van der Waals surface area contributed by atoms with E-state index in [2.05, 4.69) is 25.3 Å². The summed E-state index contributed by atoms with van der Waals surface area (Å²) < 4.78 is 28.5. The fourth-order valence-corrected chi connectivity index (χ4v) is 4.33. The van der Waals surface area contributed by atoms with Crippen molar-refractivity contribution in [1.82, 2.24) is 9.97 Å². The maximum atomic E-state index is 13.0. The Morgan fingerprint density at radius 2 is 1.56 bits per heavy atom. The summed E-state index contributed by atoms with van der Waals surface area (Å²) in [6, 6.07) is 17.7. The van der Waals surface area contributed by atoms with Crippen LogP contribution in [0.3, 0.4) is 0 Å². The summed E-state index contributed by atoms with van der Waals surface area (Å²) in [5, 5.41) is 6.56. The lowest BCUT2D eigenvalue weighted by Gasteiger charge is -2.15. The molecule has 0 aliphatic rings. The van der Waals surface area contributed by atoms with Crippen LogP contribution in [0.5, 0.6) is 0 Å². The number of hydrogen-bond acceptors (Lipinski definition) is 6. The van der Waals surface area contributed by atoms with Crippen molar-refractivity contribution in [3.8, 4) is 0 Å². The first-order valence-corrected chi connectivity index (χ1v) is 12.4. The Balaban J connectivity index is 1.75. The Bertz CT molecular complexity index is 1480. The van der Waals surface area contributed by atoms with E-state index in [0.29, 0.717) is 38.9 Å². The zero-order valence-electron chi connectivity index (χ0n) is 17.8. The highest BCUT2D eigenvalue weighted by molar-refractivity contribution is 7.92. The van der Waals surface area contributed by atoms with Crippen LogP contribution in [-0.2, 0) is 14.8 Å². The number of rotatable bonds is 7. The van der Waals surface area contributed by atoms with Crippen LogP contribution in [0.4, 0.5) is 23.0 Å². The number of carbonyl (C=O) groups excluding carboxylic acids is 1. The van der Waals surface area contributed by atoms with Crippen LogP contribution in [0, 0.1) is 0 Å². The molecule has 0 spiro atoms. The summed E-state index contributed by atoms with van der Waals surface area (Å²) in [6.07, 6.45) is 0.318.